The van der Waals surface area contributed by atoms with Crippen LogP contribution in [0.25, 0.3) is 0 Å². The normalized spacial score (nSPS) is 9.86. The molecule has 0 fully saturated rings. The molecular formula is C10H14N2O2. The van der Waals surface area contributed by atoms with Crippen molar-refractivity contribution >= 4 is 5.91 Å². The van der Waals surface area contributed by atoms with Crippen molar-refractivity contribution in [2.24, 2.45) is 5.73 Å². The number of nitrogens with two attached hydrogens (primary N) is 1. The number of benzene rings is 1. The molecule has 4 N–H and O–H groups in total. The number of carbonyl (C=O) groups is 1. The first-order chi connectivity index (χ1) is 6.77. The highest BCUT2D eigenvalue weighted by atomic mass is 16.3. The van der Waals surface area contributed by atoms with Crippen LogP contribution < -0.4 is 11.1 Å². The highest BCUT2D eigenvalue weighted by Gasteiger charge is 2.03. The van der Waals surface area contributed by atoms with Crippen LogP contribution in [0.1, 0.15) is 15.9 Å². The Morgan fingerprint density at radius 2 is 2.00 bits per heavy atom. The van der Waals surface area contributed by atoms with Gasteiger partial charge in [-0.15, -0.1) is 0 Å². The fourth-order valence-corrected chi connectivity index (χ4v) is 1.05. The molecule has 76 valence electrons. The van der Waals surface area contributed by atoms with Gasteiger partial charge in [-0.05, 0) is 17.7 Å². The number of hydrogen-bond acceptors (Lipinski definition) is 3. The molecule has 0 aliphatic heterocycles. The minimum absolute atomic E-state index is 0.00923. The van der Waals surface area contributed by atoms with Crippen molar-refractivity contribution in [1.82, 2.24) is 5.32 Å². The number of nitrogens with one attached hydrogen (secondary N) is 1. The highest BCUT2D eigenvalue weighted by Crippen LogP contribution is 2.03. The second-order valence-electron chi connectivity index (χ2n) is 2.90. The summed E-state index contributed by atoms with van der Waals surface area (Å²) in [6.45, 7) is 0.895. The third-order valence-electron chi connectivity index (χ3n) is 1.83. The van der Waals surface area contributed by atoms with E-state index in [0.29, 0.717) is 18.7 Å². The molecule has 0 radical (unpaired) electrons. The Bertz CT molecular complexity index is 295. The van der Waals surface area contributed by atoms with Gasteiger partial charge in [0.25, 0.3) is 5.91 Å². The quantitative estimate of drug-likeness (QED) is 0.625. The molecule has 0 atom stereocenters. The summed E-state index contributed by atoms with van der Waals surface area (Å²) < 4.78 is 0. The van der Waals surface area contributed by atoms with Crippen molar-refractivity contribution in [3.05, 3.63) is 35.4 Å². The van der Waals surface area contributed by atoms with Gasteiger partial charge >= 0.3 is 0 Å². The Labute approximate surface area is 82.7 Å². The lowest BCUT2D eigenvalue weighted by molar-refractivity contribution is 0.0954. The van der Waals surface area contributed by atoms with Crippen molar-refractivity contribution in [1.29, 1.82) is 0 Å². The predicted octanol–water partition coefficient (Wildman–Crippen LogP) is -0.133. The molecule has 1 aromatic rings. The highest BCUT2D eigenvalue weighted by molar-refractivity contribution is 5.94. The summed E-state index contributed by atoms with van der Waals surface area (Å²) in [5, 5.41) is 11.5. The topological polar surface area (TPSA) is 75.3 Å². The van der Waals surface area contributed by atoms with Gasteiger partial charge in [0.05, 0.1) is 6.61 Å². The van der Waals surface area contributed by atoms with E-state index in [1.54, 1.807) is 24.3 Å². The van der Waals surface area contributed by atoms with Crippen LogP contribution in [0.4, 0.5) is 0 Å². The van der Waals surface area contributed by atoms with E-state index < -0.39 is 0 Å². The maximum atomic E-state index is 11.4. The first-order valence-electron chi connectivity index (χ1n) is 4.46. The molecule has 4 heteroatoms. The average molecular weight is 194 g/mol. The van der Waals surface area contributed by atoms with Gasteiger partial charge in [-0.25, -0.2) is 0 Å². The van der Waals surface area contributed by atoms with Gasteiger partial charge < -0.3 is 16.2 Å². The van der Waals surface area contributed by atoms with Crippen molar-refractivity contribution in [2.75, 3.05) is 13.1 Å². The molecule has 0 aromatic heterocycles. The summed E-state index contributed by atoms with van der Waals surface area (Å²) >= 11 is 0. The van der Waals surface area contributed by atoms with Crippen LogP contribution >= 0.6 is 0 Å². The molecule has 1 aromatic carbocycles. The molecule has 0 unspecified atom stereocenters. The van der Waals surface area contributed by atoms with E-state index in [-0.39, 0.29) is 12.5 Å². The van der Waals surface area contributed by atoms with Crippen LogP contribution in [-0.4, -0.2) is 24.1 Å². The molecule has 0 saturated heterocycles. The van der Waals surface area contributed by atoms with E-state index in [4.69, 9.17) is 10.8 Å². The Morgan fingerprint density at radius 1 is 1.36 bits per heavy atom. The van der Waals surface area contributed by atoms with Crippen LogP contribution in [-0.2, 0) is 6.61 Å². The lowest BCUT2D eigenvalue weighted by Gasteiger charge is -2.03. The number of amides is 1. The number of aliphatic hydroxyl groups excluding tert-OH is 1. The molecule has 0 bridgehead atoms. The summed E-state index contributed by atoms with van der Waals surface area (Å²) in [4.78, 5) is 11.4. The smallest absolute Gasteiger partial charge is 0.251 e. The molecule has 0 aliphatic carbocycles. The van der Waals surface area contributed by atoms with E-state index in [1.807, 2.05) is 0 Å². The van der Waals surface area contributed by atoms with Gasteiger partial charge in [-0.2, -0.15) is 0 Å². The van der Waals surface area contributed by atoms with Crippen molar-refractivity contribution < 1.29 is 9.90 Å². The van der Waals surface area contributed by atoms with Crippen molar-refractivity contribution in [2.45, 2.75) is 6.61 Å². The Balaban J connectivity index is 2.62. The third kappa shape index (κ3) is 2.83. The van der Waals surface area contributed by atoms with Crippen molar-refractivity contribution in [3.8, 4) is 0 Å². The Morgan fingerprint density at radius 3 is 2.50 bits per heavy atom. The Kier molecular flexibility index (Phi) is 4.10. The van der Waals surface area contributed by atoms with E-state index in [2.05, 4.69) is 5.32 Å². The summed E-state index contributed by atoms with van der Waals surface area (Å²) in [7, 11) is 0. The monoisotopic (exact) mass is 194 g/mol. The van der Waals surface area contributed by atoms with Crippen LogP contribution in [0.15, 0.2) is 24.3 Å². The SMILES string of the molecule is NCCNC(=O)c1ccc(CO)cc1. The molecule has 0 heterocycles. The molecule has 0 saturated carbocycles. The van der Waals surface area contributed by atoms with Crippen LogP contribution in [0, 0.1) is 0 Å². The second kappa shape index (κ2) is 5.36. The van der Waals surface area contributed by atoms with Gasteiger partial charge in [-0.3, -0.25) is 4.79 Å². The molecular weight excluding hydrogens is 180 g/mol. The van der Waals surface area contributed by atoms with Crippen LogP contribution in [0.5, 0.6) is 0 Å². The van der Waals surface area contributed by atoms with Crippen LogP contribution in [0.2, 0.25) is 0 Å². The number of carbonyl (C=O) groups excluding carboxylic acids is 1. The van der Waals surface area contributed by atoms with Gasteiger partial charge in [0.2, 0.25) is 0 Å². The second-order valence-corrected chi connectivity index (χ2v) is 2.90. The fourth-order valence-electron chi connectivity index (χ4n) is 1.05. The van der Waals surface area contributed by atoms with Gasteiger partial charge in [0.15, 0.2) is 0 Å². The molecule has 14 heavy (non-hydrogen) atoms. The summed E-state index contributed by atoms with van der Waals surface area (Å²) in [6.07, 6.45) is 0. The zero-order chi connectivity index (χ0) is 10.4. The van der Waals surface area contributed by atoms with Crippen LogP contribution in [0.3, 0.4) is 0 Å². The lowest BCUT2D eigenvalue weighted by atomic mass is 10.1. The van der Waals surface area contributed by atoms with E-state index in [9.17, 15) is 4.79 Å². The summed E-state index contributed by atoms with van der Waals surface area (Å²) in [5.74, 6) is -0.139. The van der Waals surface area contributed by atoms with E-state index in [1.165, 1.54) is 0 Å². The average Bonchev–Trinajstić information content (AvgIpc) is 2.26. The fraction of sp³-hybridized carbons (Fsp3) is 0.300. The largest absolute Gasteiger partial charge is 0.392 e. The van der Waals surface area contributed by atoms with E-state index in [0.717, 1.165) is 5.56 Å². The predicted molar refractivity (Wildman–Crippen MR) is 53.8 cm³/mol. The molecule has 0 aliphatic rings. The first-order valence-corrected chi connectivity index (χ1v) is 4.46. The van der Waals surface area contributed by atoms with Gasteiger partial charge in [0, 0.05) is 18.7 Å². The summed E-state index contributed by atoms with van der Waals surface area (Å²) in [6, 6.07) is 6.80. The maximum Gasteiger partial charge on any atom is 0.251 e. The van der Waals surface area contributed by atoms with Gasteiger partial charge in [0.1, 0.15) is 0 Å². The molecule has 1 rings (SSSR count). The zero-order valence-electron chi connectivity index (χ0n) is 7.86. The van der Waals surface area contributed by atoms with Crippen molar-refractivity contribution in [3.63, 3.8) is 0 Å². The minimum Gasteiger partial charge on any atom is -0.392 e. The van der Waals surface area contributed by atoms with Gasteiger partial charge in [-0.1, -0.05) is 12.1 Å². The minimum atomic E-state index is -0.139. The third-order valence-corrected chi connectivity index (χ3v) is 1.83. The number of hydrogen-bond donors (Lipinski definition) is 3. The summed E-state index contributed by atoms with van der Waals surface area (Å²) in [5.41, 5.74) is 6.62. The molecule has 4 nitrogen and oxygen atoms in total. The standard InChI is InChI=1S/C10H14N2O2/c11-5-6-12-10(14)9-3-1-8(7-13)2-4-9/h1-4,13H,5-7,11H2,(H,12,14). The number of aliphatic hydroxyl groups is 1. The van der Waals surface area contributed by atoms with E-state index >= 15 is 0 Å². The molecule has 1 amide bonds. The maximum absolute atomic E-state index is 11.4. The first kappa shape index (κ1) is 10.7. The molecule has 0 spiro atoms. The zero-order valence-corrected chi connectivity index (χ0v) is 7.86. The number of rotatable bonds is 4. The lowest BCUT2D eigenvalue weighted by Crippen LogP contribution is -2.28. The Hall–Kier alpha value is -1.39.